The molecule has 4 aromatic rings. The number of aliphatic imine (C=N–C) groups is 1. The molecule has 0 aliphatic rings. The van der Waals surface area contributed by atoms with Gasteiger partial charge in [0, 0.05) is 16.3 Å². The third kappa shape index (κ3) is 4.23. The standard InChI is InChI=1S/C23H17BrN2O/c1-16-7-12-21-22(14-16)27-23(26-21)18-8-10-20(11-9-18)25-13-3-5-17-4-2-6-19(24)15-17/h2-15H,1H3/b5-3+,25-13?. The first-order valence-electron chi connectivity index (χ1n) is 8.61. The van der Waals surface area contributed by atoms with E-state index in [1.54, 1.807) is 6.21 Å². The van der Waals surface area contributed by atoms with Gasteiger partial charge in [-0.25, -0.2) is 4.98 Å². The summed E-state index contributed by atoms with van der Waals surface area (Å²) in [6, 6.07) is 22.0. The number of fused-ring (bicyclic) bond motifs is 1. The van der Waals surface area contributed by atoms with Gasteiger partial charge in [0.2, 0.25) is 5.89 Å². The topological polar surface area (TPSA) is 38.4 Å². The number of hydrogen-bond donors (Lipinski definition) is 0. The predicted molar refractivity (Wildman–Crippen MR) is 116 cm³/mol. The molecule has 1 heterocycles. The summed E-state index contributed by atoms with van der Waals surface area (Å²) in [5, 5.41) is 0. The fourth-order valence-corrected chi connectivity index (χ4v) is 3.16. The second kappa shape index (κ2) is 7.72. The van der Waals surface area contributed by atoms with E-state index in [-0.39, 0.29) is 0 Å². The Hall–Kier alpha value is -2.98. The Labute approximate surface area is 166 Å². The van der Waals surface area contributed by atoms with Crippen LogP contribution in [0.2, 0.25) is 0 Å². The highest BCUT2D eigenvalue weighted by Gasteiger charge is 2.08. The maximum atomic E-state index is 5.87. The molecule has 0 radical (unpaired) electrons. The maximum absolute atomic E-state index is 5.87. The molecular formula is C23H17BrN2O. The molecule has 0 unspecified atom stereocenters. The van der Waals surface area contributed by atoms with Gasteiger partial charge < -0.3 is 4.42 Å². The molecule has 3 nitrogen and oxygen atoms in total. The van der Waals surface area contributed by atoms with Gasteiger partial charge in [0.15, 0.2) is 5.58 Å². The number of hydrogen-bond acceptors (Lipinski definition) is 3. The lowest BCUT2D eigenvalue weighted by Crippen LogP contribution is -1.76. The summed E-state index contributed by atoms with van der Waals surface area (Å²) < 4.78 is 6.93. The van der Waals surface area contributed by atoms with Gasteiger partial charge in [-0.2, -0.15) is 0 Å². The smallest absolute Gasteiger partial charge is 0.227 e. The monoisotopic (exact) mass is 416 g/mol. The molecule has 0 spiro atoms. The Balaban J connectivity index is 1.48. The molecule has 0 bridgehead atoms. The van der Waals surface area contributed by atoms with E-state index >= 15 is 0 Å². The van der Waals surface area contributed by atoms with E-state index in [2.05, 4.69) is 32.0 Å². The first-order valence-corrected chi connectivity index (χ1v) is 9.41. The summed E-state index contributed by atoms with van der Waals surface area (Å²) in [5.41, 5.74) is 5.78. The van der Waals surface area contributed by atoms with Crippen LogP contribution < -0.4 is 0 Å². The van der Waals surface area contributed by atoms with Crippen LogP contribution in [0.4, 0.5) is 5.69 Å². The highest BCUT2D eigenvalue weighted by molar-refractivity contribution is 9.10. The molecule has 0 amide bonds. The maximum Gasteiger partial charge on any atom is 0.227 e. The largest absolute Gasteiger partial charge is 0.436 e. The zero-order valence-electron chi connectivity index (χ0n) is 14.8. The number of oxazole rings is 1. The van der Waals surface area contributed by atoms with Gasteiger partial charge in [-0.05, 0) is 72.7 Å². The highest BCUT2D eigenvalue weighted by Crippen LogP contribution is 2.26. The summed E-state index contributed by atoms with van der Waals surface area (Å²) in [4.78, 5) is 9.01. The molecule has 132 valence electrons. The number of rotatable bonds is 4. The minimum absolute atomic E-state index is 0.626. The minimum atomic E-state index is 0.626. The second-order valence-electron chi connectivity index (χ2n) is 6.23. The van der Waals surface area contributed by atoms with Crippen molar-refractivity contribution in [2.45, 2.75) is 6.92 Å². The third-order valence-corrected chi connectivity index (χ3v) is 4.60. The van der Waals surface area contributed by atoms with Crippen LogP contribution in [0.5, 0.6) is 0 Å². The van der Waals surface area contributed by atoms with Crippen molar-refractivity contribution in [2.75, 3.05) is 0 Å². The van der Waals surface area contributed by atoms with Gasteiger partial charge in [0.05, 0.1) is 5.69 Å². The van der Waals surface area contributed by atoms with Crippen LogP contribution in [0.1, 0.15) is 11.1 Å². The van der Waals surface area contributed by atoms with Crippen LogP contribution in [0.3, 0.4) is 0 Å². The van der Waals surface area contributed by atoms with Crippen molar-refractivity contribution in [3.8, 4) is 11.5 Å². The Morgan fingerprint density at radius 1 is 1.00 bits per heavy atom. The number of benzene rings is 3. The van der Waals surface area contributed by atoms with Crippen molar-refractivity contribution < 1.29 is 4.42 Å². The number of allylic oxidation sites excluding steroid dienone is 1. The molecule has 4 rings (SSSR count). The van der Waals surface area contributed by atoms with E-state index in [1.807, 2.05) is 79.7 Å². The average molecular weight is 417 g/mol. The van der Waals surface area contributed by atoms with Gasteiger partial charge in [0.25, 0.3) is 0 Å². The van der Waals surface area contributed by atoms with Crippen LogP contribution in [0, 0.1) is 6.92 Å². The predicted octanol–water partition coefficient (Wildman–Crippen LogP) is 6.98. The Kier molecular flexibility index (Phi) is 4.99. The lowest BCUT2D eigenvalue weighted by molar-refractivity contribution is 0.619. The summed E-state index contributed by atoms with van der Waals surface area (Å²) in [5.74, 6) is 0.626. The fraction of sp³-hybridized carbons (Fsp3) is 0.0435. The molecule has 0 fully saturated rings. The van der Waals surface area contributed by atoms with Crippen LogP contribution in [-0.2, 0) is 0 Å². The van der Waals surface area contributed by atoms with E-state index in [4.69, 9.17) is 4.42 Å². The van der Waals surface area contributed by atoms with Gasteiger partial charge in [-0.15, -0.1) is 0 Å². The van der Waals surface area contributed by atoms with Gasteiger partial charge >= 0.3 is 0 Å². The Bertz CT molecular complexity index is 1140. The Morgan fingerprint density at radius 2 is 1.85 bits per heavy atom. The minimum Gasteiger partial charge on any atom is -0.436 e. The van der Waals surface area contributed by atoms with E-state index in [9.17, 15) is 0 Å². The summed E-state index contributed by atoms with van der Waals surface area (Å²) in [6.07, 6.45) is 5.74. The molecule has 1 aromatic heterocycles. The Morgan fingerprint density at radius 3 is 2.67 bits per heavy atom. The summed E-state index contributed by atoms with van der Waals surface area (Å²) in [7, 11) is 0. The fourth-order valence-electron chi connectivity index (χ4n) is 2.74. The van der Waals surface area contributed by atoms with Crippen molar-refractivity contribution in [1.82, 2.24) is 4.98 Å². The molecular weight excluding hydrogens is 400 g/mol. The average Bonchev–Trinajstić information content (AvgIpc) is 3.09. The first-order chi connectivity index (χ1) is 13.2. The first kappa shape index (κ1) is 17.4. The number of aryl methyl sites for hydroxylation is 1. The number of aromatic nitrogens is 1. The highest BCUT2D eigenvalue weighted by atomic mass is 79.9. The third-order valence-electron chi connectivity index (χ3n) is 4.11. The molecule has 3 aromatic carbocycles. The van der Waals surface area contributed by atoms with Gasteiger partial charge in [-0.1, -0.05) is 40.2 Å². The van der Waals surface area contributed by atoms with Crippen molar-refractivity contribution in [3.63, 3.8) is 0 Å². The molecule has 0 aliphatic carbocycles. The van der Waals surface area contributed by atoms with E-state index in [0.29, 0.717) is 5.89 Å². The van der Waals surface area contributed by atoms with E-state index in [0.717, 1.165) is 38.0 Å². The zero-order chi connectivity index (χ0) is 18.6. The van der Waals surface area contributed by atoms with E-state index < -0.39 is 0 Å². The van der Waals surface area contributed by atoms with Crippen LogP contribution in [0.15, 0.2) is 86.7 Å². The molecule has 0 aliphatic heterocycles. The van der Waals surface area contributed by atoms with Gasteiger partial charge in [0.1, 0.15) is 5.52 Å². The molecule has 4 heteroatoms. The van der Waals surface area contributed by atoms with Crippen molar-refractivity contribution >= 4 is 45.0 Å². The lowest BCUT2D eigenvalue weighted by Gasteiger charge is -1.96. The molecule has 0 saturated carbocycles. The number of halogens is 1. The van der Waals surface area contributed by atoms with Crippen LogP contribution in [-0.4, -0.2) is 11.2 Å². The summed E-state index contributed by atoms with van der Waals surface area (Å²) >= 11 is 3.47. The molecule has 27 heavy (non-hydrogen) atoms. The molecule has 0 saturated heterocycles. The quantitative estimate of drug-likeness (QED) is 0.336. The number of nitrogens with zero attached hydrogens (tertiary/aromatic N) is 2. The van der Waals surface area contributed by atoms with E-state index in [1.165, 1.54) is 0 Å². The van der Waals surface area contributed by atoms with Gasteiger partial charge in [-0.3, -0.25) is 4.99 Å². The van der Waals surface area contributed by atoms with Crippen molar-refractivity contribution in [1.29, 1.82) is 0 Å². The molecule has 0 atom stereocenters. The van der Waals surface area contributed by atoms with Crippen molar-refractivity contribution in [2.24, 2.45) is 4.99 Å². The normalized spacial score (nSPS) is 11.8. The summed E-state index contributed by atoms with van der Waals surface area (Å²) in [6.45, 7) is 2.04. The van der Waals surface area contributed by atoms with Crippen LogP contribution in [0.25, 0.3) is 28.6 Å². The zero-order valence-corrected chi connectivity index (χ0v) is 16.3. The molecule has 0 N–H and O–H groups in total. The lowest BCUT2D eigenvalue weighted by atomic mass is 10.2. The second-order valence-corrected chi connectivity index (χ2v) is 7.15. The van der Waals surface area contributed by atoms with Crippen LogP contribution >= 0.6 is 15.9 Å². The van der Waals surface area contributed by atoms with Crippen molar-refractivity contribution in [3.05, 3.63) is 88.4 Å². The SMILES string of the molecule is Cc1ccc2nc(-c3ccc(N=C/C=C/c4cccc(Br)c4)cc3)oc2c1.